The molecule has 2 N–H and O–H groups in total. The molecule has 1 aliphatic rings. The van der Waals surface area contributed by atoms with E-state index in [9.17, 15) is 8.42 Å². The van der Waals surface area contributed by atoms with E-state index in [2.05, 4.69) is 0 Å². The molecule has 1 aromatic rings. The van der Waals surface area contributed by atoms with E-state index >= 15 is 0 Å². The van der Waals surface area contributed by atoms with Crippen LogP contribution in [0.1, 0.15) is 12.0 Å². The first-order chi connectivity index (χ1) is 8.04. The van der Waals surface area contributed by atoms with Crippen LogP contribution in [0.25, 0.3) is 0 Å². The number of halogens is 1. The van der Waals surface area contributed by atoms with Crippen LogP contribution in [0.2, 0.25) is 0 Å². The number of hydrogen-bond donors (Lipinski definition) is 1. The summed E-state index contributed by atoms with van der Waals surface area (Å²) in [7, 11) is -3.33. The predicted molar refractivity (Wildman–Crippen MR) is 74.3 cm³/mol. The lowest BCUT2D eigenvalue weighted by atomic mass is 10.1. The number of benzene rings is 1. The molecule has 1 saturated heterocycles. The van der Waals surface area contributed by atoms with Crippen LogP contribution < -0.4 is 5.73 Å². The van der Waals surface area contributed by atoms with Crippen molar-refractivity contribution in [2.24, 2.45) is 11.7 Å². The third-order valence-electron chi connectivity index (χ3n) is 3.21. The topological polar surface area (TPSA) is 63.4 Å². The largest absolute Gasteiger partial charge is 0.330 e. The van der Waals surface area contributed by atoms with Gasteiger partial charge in [0.25, 0.3) is 0 Å². The average molecular weight is 291 g/mol. The van der Waals surface area contributed by atoms with Crippen LogP contribution >= 0.6 is 12.4 Å². The van der Waals surface area contributed by atoms with Crippen molar-refractivity contribution in [2.75, 3.05) is 19.6 Å². The molecule has 0 saturated carbocycles. The minimum Gasteiger partial charge on any atom is -0.330 e. The summed E-state index contributed by atoms with van der Waals surface area (Å²) < 4.78 is 26.2. The van der Waals surface area contributed by atoms with Crippen LogP contribution in [0.3, 0.4) is 0 Å². The molecule has 102 valence electrons. The van der Waals surface area contributed by atoms with Crippen molar-refractivity contribution in [3.8, 4) is 0 Å². The van der Waals surface area contributed by atoms with Crippen molar-refractivity contribution in [2.45, 2.75) is 18.2 Å². The molecule has 1 aliphatic heterocycles. The van der Waals surface area contributed by atoms with E-state index in [0.29, 0.717) is 30.4 Å². The van der Waals surface area contributed by atoms with E-state index in [0.717, 1.165) is 12.0 Å². The molecule has 18 heavy (non-hydrogen) atoms. The molecule has 0 aliphatic carbocycles. The third kappa shape index (κ3) is 3.03. The lowest BCUT2D eigenvalue weighted by molar-refractivity contribution is 0.459. The zero-order chi connectivity index (χ0) is 12.5. The van der Waals surface area contributed by atoms with Gasteiger partial charge in [-0.25, -0.2) is 8.42 Å². The minimum absolute atomic E-state index is 0. The Hall–Kier alpha value is -0.620. The third-order valence-corrected chi connectivity index (χ3v) is 5.07. The Bertz CT molecular complexity index is 505. The maximum Gasteiger partial charge on any atom is 0.243 e. The molecule has 1 unspecified atom stereocenters. The SMILES string of the molecule is Cc1cccc(S(=O)(=O)N2CCC(CN)C2)c1.Cl. The van der Waals surface area contributed by atoms with Crippen LogP contribution in [-0.2, 0) is 10.0 Å². The number of hydrogen-bond acceptors (Lipinski definition) is 3. The van der Waals surface area contributed by atoms with Crippen LogP contribution in [-0.4, -0.2) is 32.4 Å². The van der Waals surface area contributed by atoms with Crippen molar-refractivity contribution in [1.29, 1.82) is 0 Å². The highest BCUT2D eigenvalue weighted by Gasteiger charge is 2.31. The Balaban J connectivity index is 0.00000162. The highest BCUT2D eigenvalue weighted by atomic mass is 35.5. The summed E-state index contributed by atoms with van der Waals surface area (Å²) in [6, 6.07) is 7.04. The molecule has 0 radical (unpaired) electrons. The van der Waals surface area contributed by atoms with Crippen molar-refractivity contribution in [3.05, 3.63) is 29.8 Å². The van der Waals surface area contributed by atoms with Crippen LogP contribution in [0, 0.1) is 12.8 Å². The van der Waals surface area contributed by atoms with Gasteiger partial charge in [-0.1, -0.05) is 12.1 Å². The second-order valence-electron chi connectivity index (χ2n) is 4.57. The summed E-state index contributed by atoms with van der Waals surface area (Å²) in [6.45, 7) is 3.58. The molecule has 1 aromatic carbocycles. The average Bonchev–Trinajstić information content (AvgIpc) is 2.78. The number of sulfonamides is 1. The Labute approximate surface area is 115 Å². The fourth-order valence-electron chi connectivity index (χ4n) is 2.13. The second kappa shape index (κ2) is 6.02. The molecule has 1 atom stereocenters. The second-order valence-corrected chi connectivity index (χ2v) is 6.51. The predicted octanol–water partition coefficient (Wildman–Crippen LogP) is 1.39. The lowest BCUT2D eigenvalue weighted by Gasteiger charge is -2.16. The summed E-state index contributed by atoms with van der Waals surface area (Å²) in [5, 5.41) is 0. The summed E-state index contributed by atoms with van der Waals surface area (Å²) in [5.74, 6) is 0.301. The van der Waals surface area contributed by atoms with Gasteiger partial charge in [-0.15, -0.1) is 12.4 Å². The van der Waals surface area contributed by atoms with Crippen molar-refractivity contribution in [1.82, 2.24) is 4.31 Å². The van der Waals surface area contributed by atoms with E-state index < -0.39 is 10.0 Å². The van der Waals surface area contributed by atoms with Gasteiger partial charge in [0.1, 0.15) is 0 Å². The number of nitrogens with two attached hydrogens (primary N) is 1. The Kier molecular flexibility index (Phi) is 5.16. The number of rotatable bonds is 3. The number of nitrogens with zero attached hydrogens (tertiary/aromatic N) is 1. The van der Waals surface area contributed by atoms with Gasteiger partial charge in [-0.3, -0.25) is 0 Å². The molecule has 0 aromatic heterocycles. The number of aryl methyl sites for hydroxylation is 1. The summed E-state index contributed by atoms with van der Waals surface area (Å²) in [4.78, 5) is 0.384. The van der Waals surface area contributed by atoms with Gasteiger partial charge in [-0.2, -0.15) is 4.31 Å². The van der Waals surface area contributed by atoms with Gasteiger partial charge in [0.15, 0.2) is 0 Å². The summed E-state index contributed by atoms with van der Waals surface area (Å²) >= 11 is 0. The fourth-order valence-corrected chi connectivity index (χ4v) is 3.77. The first-order valence-electron chi connectivity index (χ1n) is 5.81. The van der Waals surface area contributed by atoms with Crippen molar-refractivity contribution < 1.29 is 8.42 Å². The Morgan fingerprint density at radius 3 is 2.72 bits per heavy atom. The standard InChI is InChI=1S/C12H18N2O2S.ClH/c1-10-3-2-4-12(7-10)17(15,16)14-6-5-11(8-13)9-14;/h2-4,7,11H,5-6,8-9,13H2,1H3;1H. The van der Waals surface area contributed by atoms with Crippen LogP contribution in [0.5, 0.6) is 0 Å². The molecule has 0 spiro atoms. The molecule has 2 rings (SSSR count). The van der Waals surface area contributed by atoms with E-state index in [-0.39, 0.29) is 12.4 Å². The molecule has 1 fully saturated rings. The highest BCUT2D eigenvalue weighted by Crippen LogP contribution is 2.24. The molecule has 0 bridgehead atoms. The van der Waals surface area contributed by atoms with Crippen LogP contribution in [0.4, 0.5) is 0 Å². The molecular weight excluding hydrogens is 272 g/mol. The molecule has 6 heteroatoms. The maximum atomic E-state index is 12.3. The normalized spacial score (nSPS) is 20.7. The highest BCUT2D eigenvalue weighted by molar-refractivity contribution is 7.89. The molecule has 0 amide bonds. The van der Waals surface area contributed by atoms with Gasteiger partial charge in [0.05, 0.1) is 4.90 Å². The van der Waals surface area contributed by atoms with Crippen molar-refractivity contribution >= 4 is 22.4 Å². The minimum atomic E-state index is -3.33. The molecular formula is C12H19ClN2O2S. The van der Waals surface area contributed by atoms with E-state index in [4.69, 9.17) is 5.73 Å². The maximum absolute atomic E-state index is 12.3. The van der Waals surface area contributed by atoms with E-state index in [1.54, 1.807) is 22.5 Å². The monoisotopic (exact) mass is 290 g/mol. The Morgan fingerprint density at radius 1 is 1.44 bits per heavy atom. The van der Waals surface area contributed by atoms with Gasteiger partial charge in [-0.05, 0) is 43.5 Å². The molecule has 1 heterocycles. The molecule has 4 nitrogen and oxygen atoms in total. The lowest BCUT2D eigenvalue weighted by Crippen LogP contribution is -2.30. The summed E-state index contributed by atoms with van der Waals surface area (Å²) in [5.41, 5.74) is 6.54. The first kappa shape index (κ1) is 15.4. The van der Waals surface area contributed by atoms with E-state index in [1.165, 1.54) is 0 Å². The first-order valence-corrected chi connectivity index (χ1v) is 7.25. The van der Waals surface area contributed by atoms with Gasteiger partial charge in [0, 0.05) is 13.1 Å². The fraction of sp³-hybridized carbons (Fsp3) is 0.500. The van der Waals surface area contributed by atoms with Gasteiger partial charge in [0.2, 0.25) is 10.0 Å². The summed E-state index contributed by atoms with van der Waals surface area (Å²) in [6.07, 6.45) is 0.863. The Morgan fingerprint density at radius 2 is 2.17 bits per heavy atom. The zero-order valence-corrected chi connectivity index (χ0v) is 12.0. The van der Waals surface area contributed by atoms with Crippen molar-refractivity contribution in [3.63, 3.8) is 0 Å². The van der Waals surface area contributed by atoms with Gasteiger partial charge >= 0.3 is 0 Å². The van der Waals surface area contributed by atoms with Gasteiger partial charge < -0.3 is 5.73 Å². The smallest absolute Gasteiger partial charge is 0.243 e. The van der Waals surface area contributed by atoms with Crippen LogP contribution in [0.15, 0.2) is 29.2 Å². The zero-order valence-electron chi connectivity index (χ0n) is 10.4. The quantitative estimate of drug-likeness (QED) is 0.915. The van der Waals surface area contributed by atoms with E-state index in [1.807, 2.05) is 13.0 Å².